The number of nitrogens with zero attached hydrogens (tertiary/aromatic N) is 2. The summed E-state index contributed by atoms with van der Waals surface area (Å²) in [5, 5.41) is 9.49. The molecule has 1 aliphatic carbocycles. The lowest BCUT2D eigenvalue weighted by Crippen LogP contribution is -2.53. The highest BCUT2D eigenvalue weighted by Crippen LogP contribution is 2.43. The number of aromatic amines is 1. The van der Waals surface area contributed by atoms with Gasteiger partial charge in [0.25, 0.3) is 0 Å². The Hall–Kier alpha value is -1.85. The number of amides is 1. The smallest absolute Gasteiger partial charge is 0.326 e. The molecule has 6 heteroatoms. The molecule has 0 spiro atoms. The highest BCUT2D eigenvalue weighted by Gasteiger charge is 2.46. The van der Waals surface area contributed by atoms with Crippen LogP contribution in [0.4, 0.5) is 0 Å². The van der Waals surface area contributed by atoms with Crippen LogP contribution in [0.1, 0.15) is 50.4 Å². The van der Waals surface area contributed by atoms with Crippen LogP contribution in [0, 0.1) is 5.41 Å². The van der Waals surface area contributed by atoms with E-state index in [4.69, 9.17) is 0 Å². The first-order valence-corrected chi connectivity index (χ1v) is 7.62. The number of imidazole rings is 1. The maximum Gasteiger partial charge on any atom is 0.326 e. The van der Waals surface area contributed by atoms with Gasteiger partial charge in [-0.25, -0.2) is 9.78 Å². The molecule has 2 aliphatic rings. The van der Waals surface area contributed by atoms with Gasteiger partial charge in [0.1, 0.15) is 6.04 Å². The summed E-state index contributed by atoms with van der Waals surface area (Å²) in [5.74, 6) is -0.934. The molecule has 0 radical (unpaired) electrons. The van der Waals surface area contributed by atoms with Gasteiger partial charge in [-0.2, -0.15) is 0 Å². The van der Waals surface area contributed by atoms with Crippen molar-refractivity contribution >= 4 is 11.9 Å². The molecule has 6 nitrogen and oxygen atoms in total. The van der Waals surface area contributed by atoms with Crippen LogP contribution < -0.4 is 0 Å². The third-order valence-corrected chi connectivity index (χ3v) is 5.14. The van der Waals surface area contributed by atoms with Crippen LogP contribution in [-0.4, -0.2) is 37.9 Å². The highest BCUT2D eigenvalue weighted by molar-refractivity contribution is 5.88. The van der Waals surface area contributed by atoms with E-state index in [9.17, 15) is 14.7 Å². The van der Waals surface area contributed by atoms with Crippen LogP contribution in [0.15, 0.2) is 6.33 Å². The standard InChI is InChI=1S/C15H21N3O3/c1-2-15(5-3-4-6-15)14(21)18-8-11-10(16-9-17-11)7-12(18)13(19)20/h9,12H,2-8H2,1H3,(H,16,17)(H,19,20). The molecule has 2 N–H and O–H groups in total. The van der Waals surface area contributed by atoms with Gasteiger partial charge in [0.05, 0.1) is 24.3 Å². The predicted octanol–water partition coefficient (Wildman–Crippen LogP) is 1.72. The number of hydrogen-bond acceptors (Lipinski definition) is 3. The summed E-state index contributed by atoms with van der Waals surface area (Å²) in [6, 6.07) is -0.794. The van der Waals surface area contributed by atoms with E-state index in [-0.39, 0.29) is 11.3 Å². The Balaban J connectivity index is 1.92. The van der Waals surface area contributed by atoms with Crippen LogP contribution in [0.25, 0.3) is 0 Å². The molecule has 1 unspecified atom stereocenters. The Morgan fingerprint density at radius 2 is 2.19 bits per heavy atom. The normalized spacial score (nSPS) is 23.9. The minimum absolute atomic E-state index is 0.00940. The summed E-state index contributed by atoms with van der Waals surface area (Å²) in [6.45, 7) is 2.36. The fourth-order valence-corrected chi connectivity index (χ4v) is 3.75. The maximum absolute atomic E-state index is 13.0. The second-order valence-corrected chi connectivity index (χ2v) is 6.16. The number of aliphatic carboxylic acids is 1. The molecule has 114 valence electrons. The lowest BCUT2D eigenvalue weighted by molar-refractivity contribution is -0.157. The van der Waals surface area contributed by atoms with E-state index in [1.807, 2.05) is 6.92 Å². The Kier molecular flexibility index (Phi) is 3.47. The first kappa shape index (κ1) is 14.1. The molecular weight excluding hydrogens is 270 g/mol. The number of fused-ring (bicyclic) bond motifs is 1. The second kappa shape index (κ2) is 5.16. The Morgan fingerprint density at radius 3 is 2.81 bits per heavy atom. The van der Waals surface area contributed by atoms with Crippen molar-refractivity contribution in [2.24, 2.45) is 5.41 Å². The predicted molar refractivity (Wildman–Crippen MR) is 75.5 cm³/mol. The maximum atomic E-state index is 13.0. The number of carboxylic acids is 1. The number of nitrogens with one attached hydrogen (secondary N) is 1. The first-order chi connectivity index (χ1) is 10.1. The van der Waals surface area contributed by atoms with Gasteiger partial charge in [0.15, 0.2) is 0 Å². The Morgan fingerprint density at radius 1 is 1.48 bits per heavy atom. The van der Waals surface area contributed by atoms with Crippen molar-refractivity contribution in [3.63, 3.8) is 0 Å². The third-order valence-electron chi connectivity index (χ3n) is 5.14. The summed E-state index contributed by atoms with van der Waals surface area (Å²) in [7, 11) is 0. The van der Waals surface area contributed by atoms with Gasteiger partial charge >= 0.3 is 5.97 Å². The van der Waals surface area contributed by atoms with Crippen molar-refractivity contribution in [1.29, 1.82) is 0 Å². The van der Waals surface area contributed by atoms with Gasteiger partial charge in [0.2, 0.25) is 5.91 Å². The number of hydrogen-bond donors (Lipinski definition) is 2. The van der Waals surface area contributed by atoms with Crippen LogP contribution in [0.2, 0.25) is 0 Å². The monoisotopic (exact) mass is 291 g/mol. The second-order valence-electron chi connectivity index (χ2n) is 6.16. The number of rotatable bonds is 3. The zero-order valence-electron chi connectivity index (χ0n) is 12.3. The number of carboxylic acid groups (broad SMARTS) is 1. The SMILES string of the molecule is CCC1(C(=O)N2Cc3[nH]cnc3CC2C(=O)O)CCCC1. The van der Waals surface area contributed by atoms with Crippen LogP contribution in [0.5, 0.6) is 0 Å². The number of carbonyl (C=O) groups is 2. The molecule has 1 saturated carbocycles. The van der Waals surface area contributed by atoms with Crippen molar-refractivity contribution in [2.45, 2.75) is 58.0 Å². The average Bonchev–Trinajstić information content (AvgIpc) is 3.14. The van der Waals surface area contributed by atoms with Crippen molar-refractivity contribution in [2.75, 3.05) is 0 Å². The minimum Gasteiger partial charge on any atom is -0.480 e. The van der Waals surface area contributed by atoms with E-state index >= 15 is 0 Å². The number of aromatic nitrogens is 2. The molecule has 1 aliphatic heterocycles. The van der Waals surface area contributed by atoms with Crippen molar-refractivity contribution in [3.05, 3.63) is 17.7 Å². The van der Waals surface area contributed by atoms with E-state index in [1.165, 1.54) is 0 Å². The fourth-order valence-electron chi connectivity index (χ4n) is 3.75. The van der Waals surface area contributed by atoms with Gasteiger partial charge in [-0.3, -0.25) is 4.79 Å². The van der Waals surface area contributed by atoms with E-state index in [0.717, 1.165) is 43.5 Å². The Bertz CT molecular complexity index is 560. The molecule has 1 aromatic heterocycles. The van der Waals surface area contributed by atoms with Crippen molar-refractivity contribution in [1.82, 2.24) is 14.9 Å². The fraction of sp³-hybridized carbons (Fsp3) is 0.667. The molecule has 21 heavy (non-hydrogen) atoms. The zero-order valence-corrected chi connectivity index (χ0v) is 12.3. The molecule has 1 fully saturated rings. The van der Waals surface area contributed by atoms with E-state index in [1.54, 1.807) is 11.2 Å². The molecular formula is C15H21N3O3. The molecule has 0 bridgehead atoms. The van der Waals surface area contributed by atoms with Gasteiger partial charge in [0, 0.05) is 11.8 Å². The number of carbonyl (C=O) groups excluding carboxylic acids is 1. The molecule has 1 aromatic rings. The summed E-state index contributed by atoms with van der Waals surface area (Å²) in [5.41, 5.74) is 1.28. The minimum atomic E-state index is -0.943. The molecule has 0 saturated heterocycles. The lowest BCUT2D eigenvalue weighted by Gasteiger charge is -2.38. The quantitative estimate of drug-likeness (QED) is 0.887. The molecule has 3 rings (SSSR count). The lowest BCUT2D eigenvalue weighted by atomic mass is 9.81. The summed E-state index contributed by atoms with van der Waals surface area (Å²) < 4.78 is 0. The average molecular weight is 291 g/mol. The topological polar surface area (TPSA) is 86.3 Å². The number of H-pyrrole nitrogens is 1. The summed E-state index contributed by atoms with van der Waals surface area (Å²) >= 11 is 0. The van der Waals surface area contributed by atoms with Crippen molar-refractivity contribution < 1.29 is 14.7 Å². The van der Waals surface area contributed by atoms with Gasteiger partial charge in [-0.15, -0.1) is 0 Å². The van der Waals surface area contributed by atoms with Crippen LogP contribution in [-0.2, 0) is 22.6 Å². The van der Waals surface area contributed by atoms with E-state index in [0.29, 0.717) is 13.0 Å². The molecule has 2 heterocycles. The summed E-state index contributed by atoms with van der Waals surface area (Å²) in [4.78, 5) is 33.3. The van der Waals surface area contributed by atoms with Gasteiger partial charge in [-0.1, -0.05) is 19.8 Å². The van der Waals surface area contributed by atoms with E-state index < -0.39 is 12.0 Å². The first-order valence-electron chi connectivity index (χ1n) is 7.62. The molecule has 1 atom stereocenters. The van der Waals surface area contributed by atoms with Gasteiger partial charge < -0.3 is 15.0 Å². The highest BCUT2D eigenvalue weighted by atomic mass is 16.4. The van der Waals surface area contributed by atoms with Crippen LogP contribution >= 0.6 is 0 Å². The zero-order chi connectivity index (χ0) is 15.0. The Labute approximate surface area is 123 Å². The van der Waals surface area contributed by atoms with E-state index in [2.05, 4.69) is 9.97 Å². The molecule has 0 aromatic carbocycles. The largest absolute Gasteiger partial charge is 0.480 e. The molecule has 1 amide bonds. The van der Waals surface area contributed by atoms with Crippen molar-refractivity contribution in [3.8, 4) is 0 Å². The van der Waals surface area contributed by atoms with Gasteiger partial charge in [-0.05, 0) is 19.3 Å². The van der Waals surface area contributed by atoms with Crippen LogP contribution in [0.3, 0.4) is 0 Å². The third kappa shape index (κ3) is 2.22. The summed E-state index contributed by atoms with van der Waals surface area (Å²) in [6.07, 6.45) is 6.51.